The summed E-state index contributed by atoms with van der Waals surface area (Å²) in [6.07, 6.45) is 8.95. The number of benzene rings is 1. The van der Waals surface area contributed by atoms with Crippen LogP contribution in [0.25, 0.3) is 10.9 Å². The molecule has 0 bridgehead atoms. The Kier molecular flexibility index (Phi) is 5.57. The first-order chi connectivity index (χ1) is 16.1. The third-order valence-corrected chi connectivity index (χ3v) is 7.65. The Labute approximate surface area is 203 Å². The lowest BCUT2D eigenvalue weighted by Crippen LogP contribution is -2.61. The fourth-order valence-corrected chi connectivity index (χ4v) is 5.83. The number of hydrogen-bond donors (Lipinski definition) is 3. The summed E-state index contributed by atoms with van der Waals surface area (Å²) in [6, 6.07) is 10.0. The van der Waals surface area contributed by atoms with Crippen molar-refractivity contribution in [2.24, 2.45) is 5.41 Å². The molecule has 3 N–H and O–H groups in total. The van der Waals surface area contributed by atoms with E-state index in [-0.39, 0.29) is 22.1 Å². The van der Waals surface area contributed by atoms with Crippen LogP contribution in [0, 0.1) is 5.41 Å². The van der Waals surface area contributed by atoms with Gasteiger partial charge in [-0.2, -0.15) is 0 Å². The van der Waals surface area contributed by atoms with E-state index in [1.165, 1.54) is 18.4 Å². The van der Waals surface area contributed by atoms with Crippen LogP contribution in [0.1, 0.15) is 70.7 Å². The zero-order valence-corrected chi connectivity index (χ0v) is 21.2. The van der Waals surface area contributed by atoms with Crippen molar-refractivity contribution < 1.29 is 9.39 Å². The lowest BCUT2D eigenvalue weighted by atomic mass is 9.68. The fraction of sp³-hybridized carbons (Fsp3) is 0.500. The average Bonchev–Trinajstić information content (AvgIpc) is 3.17. The number of rotatable bonds is 3. The van der Waals surface area contributed by atoms with E-state index in [2.05, 4.69) is 69.0 Å². The van der Waals surface area contributed by atoms with E-state index in [0.29, 0.717) is 11.0 Å². The number of fused-ring (bicyclic) bond motifs is 2. The van der Waals surface area contributed by atoms with Gasteiger partial charge >= 0.3 is 5.91 Å². The molecule has 1 spiro atoms. The van der Waals surface area contributed by atoms with Crippen LogP contribution in [-0.4, -0.2) is 40.2 Å². The standard InChI is InChI=1S/C28H38N5O/c1-19(2)33(24-10-11-28(12-14-29-15-13-28)17-22(24)18-30-33)26(34)21-7-6-20-8-9-25(31-23(20)16-21)32-27(3,4)5/h6-10,16,18-19,29-30H,11-15,17H2,1-5H3,(H,31,32)/q+1. The third-order valence-electron chi connectivity index (χ3n) is 7.65. The van der Waals surface area contributed by atoms with E-state index in [0.717, 1.165) is 48.3 Å². The summed E-state index contributed by atoms with van der Waals surface area (Å²) in [7, 11) is 0. The van der Waals surface area contributed by atoms with Gasteiger partial charge in [-0.1, -0.05) is 6.07 Å². The topological polar surface area (TPSA) is 66.0 Å². The Hall–Kier alpha value is -2.70. The van der Waals surface area contributed by atoms with E-state index < -0.39 is 0 Å². The molecule has 0 saturated carbocycles. The van der Waals surface area contributed by atoms with Gasteiger partial charge in [0.1, 0.15) is 11.9 Å². The number of carbonyl (C=O) groups excluding carboxylic acids is 1. The Morgan fingerprint density at radius 3 is 2.59 bits per heavy atom. The van der Waals surface area contributed by atoms with Gasteiger partial charge in [-0.25, -0.2) is 15.2 Å². The molecule has 6 nitrogen and oxygen atoms in total. The predicted octanol–water partition coefficient (Wildman–Crippen LogP) is 5.26. The maximum atomic E-state index is 14.2. The van der Waals surface area contributed by atoms with Gasteiger partial charge in [-0.05, 0) is 109 Å². The van der Waals surface area contributed by atoms with Gasteiger partial charge in [0, 0.05) is 16.5 Å². The molecule has 5 rings (SSSR count). The van der Waals surface area contributed by atoms with Crippen LogP contribution in [0.5, 0.6) is 0 Å². The van der Waals surface area contributed by atoms with Gasteiger partial charge in [0.15, 0.2) is 5.70 Å². The van der Waals surface area contributed by atoms with Crippen LogP contribution in [-0.2, 0) is 0 Å². The molecule has 34 heavy (non-hydrogen) atoms. The molecule has 1 saturated heterocycles. The van der Waals surface area contributed by atoms with Gasteiger partial charge in [0.05, 0.1) is 17.3 Å². The third kappa shape index (κ3) is 3.93. The van der Waals surface area contributed by atoms with Gasteiger partial charge < -0.3 is 10.6 Å². The zero-order chi connectivity index (χ0) is 24.1. The molecule has 3 aliphatic rings. The van der Waals surface area contributed by atoms with E-state index in [9.17, 15) is 4.79 Å². The number of carbonyl (C=O) groups is 1. The van der Waals surface area contributed by atoms with Crippen LogP contribution in [0.15, 0.2) is 53.9 Å². The van der Waals surface area contributed by atoms with Crippen LogP contribution >= 0.6 is 0 Å². The first-order valence-corrected chi connectivity index (χ1v) is 12.6. The zero-order valence-electron chi connectivity index (χ0n) is 21.2. The summed E-state index contributed by atoms with van der Waals surface area (Å²) in [5, 5.41) is 7.96. The number of anilines is 1. The second-order valence-electron chi connectivity index (χ2n) is 11.6. The summed E-state index contributed by atoms with van der Waals surface area (Å²) in [5.41, 5.74) is 7.75. The number of amides is 1. The average molecular weight is 461 g/mol. The summed E-state index contributed by atoms with van der Waals surface area (Å²) in [6.45, 7) is 12.8. The van der Waals surface area contributed by atoms with Crippen LogP contribution in [0.3, 0.4) is 0 Å². The van der Waals surface area contributed by atoms with Crippen LogP contribution in [0.2, 0.25) is 0 Å². The molecule has 1 aromatic heterocycles. The predicted molar refractivity (Wildman–Crippen MR) is 138 cm³/mol. The Bertz CT molecular complexity index is 1180. The lowest BCUT2D eigenvalue weighted by Gasteiger charge is -2.42. The van der Waals surface area contributed by atoms with Crippen molar-refractivity contribution in [3.8, 4) is 0 Å². The van der Waals surface area contributed by atoms with Gasteiger partial charge in [-0.15, -0.1) is 4.59 Å². The lowest BCUT2D eigenvalue weighted by molar-refractivity contribution is -0.865. The quantitative estimate of drug-likeness (QED) is 0.545. The maximum absolute atomic E-state index is 14.2. The highest BCUT2D eigenvalue weighted by Gasteiger charge is 2.53. The smallest absolute Gasteiger partial charge is 0.365 e. The van der Waals surface area contributed by atoms with Crippen LogP contribution < -0.4 is 16.1 Å². The molecular formula is C28H38N5O+. The minimum atomic E-state index is -0.0816. The number of nitrogens with zero attached hydrogens (tertiary/aromatic N) is 2. The number of allylic oxidation sites excluding steroid dienone is 2. The molecule has 0 radical (unpaired) electrons. The van der Waals surface area contributed by atoms with Crippen molar-refractivity contribution in [1.82, 2.24) is 15.7 Å². The summed E-state index contributed by atoms with van der Waals surface area (Å²) >= 11 is 0. The summed E-state index contributed by atoms with van der Waals surface area (Å²) < 4.78 is 0.148. The van der Waals surface area contributed by atoms with E-state index in [4.69, 9.17) is 4.98 Å². The molecule has 2 aromatic rings. The summed E-state index contributed by atoms with van der Waals surface area (Å²) in [5.74, 6) is 0.898. The monoisotopic (exact) mass is 460 g/mol. The highest BCUT2D eigenvalue weighted by atomic mass is 16.2. The van der Waals surface area contributed by atoms with E-state index in [1.807, 2.05) is 24.3 Å². The minimum Gasteiger partial charge on any atom is -0.365 e. The Morgan fingerprint density at radius 1 is 1.15 bits per heavy atom. The largest absolute Gasteiger partial charge is 0.375 e. The Balaban J connectivity index is 1.50. The highest BCUT2D eigenvalue weighted by molar-refractivity contribution is 5.95. The molecule has 3 heterocycles. The molecule has 1 atom stereocenters. The normalized spacial score (nSPS) is 23.9. The van der Waals surface area contributed by atoms with Crippen molar-refractivity contribution in [1.29, 1.82) is 0 Å². The molecule has 1 aliphatic carbocycles. The van der Waals surface area contributed by atoms with E-state index >= 15 is 0 Å². The molecule has 1 fully saturated rings. The number of aromatic nitrogens is 1. The second-order valence-corrected chi connectivity index (χ2v) is 11.6. The van der Waals surface area contributed by atoms with Crippen molar-refractivity contribution >= 4 is 22.6 Å². The minimum absolute atomic E-state index is 0.0621. The number of piperidine rings is 1. The highest BCUT2D eigenvalue weighted by Crippen LogP contribution is 2.49. The van der Waals surface area contributed by atoms with Crippen molar-refractivity contribution in [3.63, 3.8) is 0 Å². The molecule has 1 aromatic carbocycles. The van der Waals surface area contributed by atoms with Crippen molar-refractivity contribution in [2.75, 3.05) is 18.4 Å². The first-order valence-electron chi connectivity index (χ1n) is 12.6. The number of nitrogens with one attached hydrogen (secondary N) is 3. The second kappa shape index (κ2) is 8.21. The van der Waals surface area contributed by atoms with Gasteiger partial charge in [0.25, 0.3) is 0 Å². The molecule has 2 aliphatic heterocycles. The van der Waals surface area contributed by atoms with Gasteiger partial charge in [0.2, 0.25) is 0 Å². The maximum Gasteiger partial charge on any atom is 0.375 e. The van der Waals surface area contributed by atoms with Crippen molar-refractivity contribution in [3.05, 3.63) is 59.4 Å². The van der Waals surface area contributed by atoms with E-state index in [1.54, 1.807) is 0 Å². The SMILES string of the molecule is CC(C)[N+]1(C(=O)c2ccc3ccc(NC(C)(C)C)nc3c2)NC=C2CC3(CC=C21)CCNCC3. The molecule has 1 amide bonds. The van der Waals surface area contributed by atoms with Crippen LogP contribution in [0.4, 0.5) is 5.82 Å². The molecule has 6 heteroatoms. The Morgan fingerprint density at radius 2 is 1.88 bits per heavy atom. The summed E-state index contributed by atoms with van der Waals surface area (Å²) in [4.78, 5) is 19.0. The number of hydrogen-bond acceptors (Lipinski definition) is 5. The number of pyridine rings is 1. The fourth-order valence-electron chi connectivity index (χ4n) is 5.83. The molecular weight excluding hydrogens is 422 g/mol. The molecule has 1 unspecified atom stereocenters. The van der Waals surface area contributed by atoms with Gasteiger partial charge in [-0.3, -0.25) is 0 Å². The molecule has 180 valence electrons. The van der Waals surface area contributed by atoms with Crippen molar-refractivity contribution in [2.45, 2.75) is 71.9 Å². The number of quaternary nitrogens is 1. The first kappa shape index (κ1) is 23.1.